The molecule has 0 spiro atoms. The first-order chi connectivity index (χ1) is 14.9. The third-order valence-electron chi connectivity index (χ3n) is 5.02. The molecule has 0 saturated carbocycles. The van der Waals surface area contributed by atoms with Crippen LogP contribution in [0.25, 0.3) is 11.5 Å². The van der Waals surface area contributed by atoms with Crippen LogP contribution in [0.4, 0.5) is 24.8 Å². The van der Waals surface area contributed by atoms with E-state index in [0.717, 1.165) is 16.0 Å². The summed E-state index contributed by atoms with van der Waals surface area (Å²) in [4.78, 5) is 3.99. The first kappa shape index (κ1) is 19.2. The summed E-state index contributed by atoms with van der Waals surface area (Å²) in [6.45, 7) is 4.30. The second kappa shape index (κ2) is 7.18. The highest BCUT2D eigenvalue weighted by molar-refractivity contribution is 5.48. The maximum Gasteiger partial charge on any atom is 0.453 e. The van der Waals surface area contributed by atoms with Crippen LogP contribution in [-0.2, 0) is 6.18 Å². The standard InChI is InChI=1S/C18H17F3N10/c1-12-6-7-30(26-12)14-3-2-13(22-23-14)28-8-10-29(11-9-28)16-5-4-15-24-25-17(18(19,20)21)31(15)27-16/h2-7H,8-11H2,1H3. The Hall–Kier alpha value is -3.77. The lowest BCUT2D eigenvalue weighted by Gasteiger charge is -2.35. The maximum atomic E-state index is 13.1. The lowest BCUT2D eigenvalue weighted by Crippen LogP contribution is -2.47. The van der Waals surface area contributed by atoms with Crippen LogP contribution in [0.3, 0.4) is 0 Å². The molecule has 4 aromatic rings. The third kappa shape index (κ3) is 3.62. The molecule has 0 unspecified atom stereocenters. The highest BCUT2D eigenvalue weighted by atomic mass is 19.4. The van der Waals surface area contributed by atoms with Gasteiger partial charge in [-0.05, 0) is 37.3 Å². The molecule has 1 saturated heterocycles. The molecule has 0 aliphatic carbocycles. The zero-order valence-corrected chi connectivity index (χ0v) is 16.4. The SMILES string of the molecule is Cc1ccn(-c2ccc(N3CCN(c4ccc5nnc(C(F)(F)F)n5n4)CC3)nn2)n1. The third-order valence-corrected chi connectivity index (χ3v) is 5.02. The zero-order valence-electron chi connectivity index (χ0n) is 16.4. The van der Waals surface area contributed by atoms with Crippen LogP contribution in [0.2, 0.25) is 0 Å². The molecule has 0 atom stereocenters. The molecule has 1 fully saturated rings. The number of hydrogen-bond donors (Lipinski definition) is 0. The Kier molecular flexibility index (Phi) is 4.45. The van der Waals surface area contributed by atoms with E-state index in [0.29, 0.717) is 37.8 Å². The summed E-state index contributed by atoms with van der Waals surface area (Å²) < 4.78 is 41.7. The first-order valence-corrected chi connectivity index (χ1v) is 9.54. The molecule has 0 amide bonds. The summed E-state index contributed by atoms with van der Waals surface area (Å²) in [6.07, 6.45) is -2.80. The number of hydrogen-bond acceptors (Lipinski definition) is 8. The van der Waals surface area contributed by atoms with E-state index in [1.165, 1.54) is 6.07 Å². The van der Waals surface area contributed by atoms with Crippen LogP contribution in [0.15, 0.2) is 36.5 Å². The largest absolute Gasteiger partial charge is 0.453 e. The van der Waals surface area contributed by atoms with Crippen LogP contribution >= 0.6 is 0 Å². The highest BCUT2D eigenvalue weighted by Gasteiger charge is 2.37. The number of halogens is 3. The van der Waals surface area contributed by atoms with Crippen molar-refractivity contribution < 1.29 is 13.2 Å². The Morgan fingerprint density at radius 1 is 0.742 bits per heavy atom. The Morgan fingerprint density at radius 3 is 2.00 bits per heavy atom. The average Bonchev–Trinajstić information content (AvgIpc) is 3.39. The van der Waals surface area contributed by atoms with E-state index in [1.807, 2.05) is 36.2 Å². The van der Waals surface area contributed by atoms with Crippen molar-refractivity contribution in [1.29, 1.82) is 0 Å². The fourth-order valence-electron chi connectivity index (χ4n) is 3.44. The summed E-state index contributed by atoms with van der Waals surface area (Å²) in [5.41, 5.74) is 0.945. The Labute approximate surface area is 173 Å². The fourth-order valence-corrected chi connectivity index (χ4v) is 3.44. The van der Waals surface area contributed by atoms with Gasteiger partial charge in [-0.25, -0.2) is 4.68 Å². The van der Waals surface area contributed by atoms with E-state index in [1.54, 1.807) is 10.7 Å². The molecule has 5 rings (SSSR count). The molecule has 0 radical (unpaired) electrons. The van der Waals surface area contributed by atoms with Crippen LogP contribution in [0.1, 0.15) is 11.5 Å². The maximum absolute atomic E-state index is 13.1. The highest BCUT2D eigenvalue weighted by Crippen LogP contribution is 2.28. The lowest BCUT2D eigenvalue weighted by atomic mass is 10.3. The Balaban J connectivity index is 1.29. The van der Waals surface area contributed by atoms with Crippen molar-refractivity contribution in [3.05, 3.63) is 48.0 Å². The minimum absolute atomic E-state index is 0.0532. The molecule has 31 heavy (non-hydrogen) atoms. The van der Waals surface area contributed by atoms with Crippen LogP contribution in [0, 0.1) is 6.92 Å². The van der Waals surface area contributed by atoms with Crippen molar-refractivity contribution in [1.82, 2.24) is 39.8 Å². The molecule has 10 nitrogen and oxygen atoms in total. The Bertz CT molecular complexity index is 1210. The van der Waals surface area contributed by atoms with Gasteiger partial charge in [-0.3, -0.25) is 0 Å². The molecular weight excluding hydrogens is 413 g/mol. The van der Waals surface area contributed by atoms with E-state index in [9.17, 15) is 13.2 Å². The van der Waals surface area contributed by atoms with E-state index >= 15 is 0 Å². The summed E-state index contributed by atoms with van der Waals surface area (Å²) in [6, 6.07) is 8.75. The van der Waals surface area contributed by atoms with Gasteiger partial charge in [-0.15, -0.1) is 25.5 Å². The number of anilines is 2. The monoisotopic (exact) mass is 430 g/mol. The predicted molar refractivity (Wildman–Crippen MR) is 104 cm³/mol. The van der Waals surface area contributed by atoms with Gasteiger partial charge in [0.15, 0.2) is 17.3 Å². The summed E-state index contributed by atoms with van der Waals surface area (Å²) in [5, 5.41) is 23.7. The van der Waals surface area contributed by atoms with Crippen molar-refractivity contribution in [3.63, 3.8) is 0 Å². The number of aromatic nitrogens is 8. The number of piperazine rings is 1. The number of fused-ring (bicyclic) bond motifs is 1. The van der Waals surface area contributed by atoms with Gasteiger partial charge in [0.2, 0.25) is 0 Å². The molecular formula is C18H17F3N10. The molecule has 1 aliphatic heterocycles. The predicted octanol–water partition coefficient (Wildman–Crippen LogP) is 1.75. The number of alkyl halides is 3. The normalized spacial score (nSPS) is 15.1. The molecule has 1 aliphatic rings. The molecule has 5 heterocycles. The minimum atomic E-state index is -4.62. The van der Waals surface area contributed by atoms with E-state index in [2.05, 4.69) is 35.5 Å². The molecule has 0 N–H and O–H groups in total. The topological polar surface area (TPSA) is 93.2 Å². The molecule has 0 aromatic carbocycles. The fraction of sp³-hybridized carbons (Fsp3) is 0.333. The van der Waals surface area contributed by atoms with Crippen LogP contribution in [-0.4, -0.2) is 66.0 Å². The smallest absolute Gasteiger partial charge is 0.352 e. The number of nitrogens with zero attached hydrogens (tertiary/aromatic N) is 10. The van der Waals surface area contributed by atoms with Gasteiger partial charge in [0.1, 0.15) is 5.82 Å². The van der Waals surface area contributed by atoms with Gasteiger partial charge in [0, 0.05) is 32.4 Å². The van der Waals surface area contributed by atoms with Gasteiger partial charge in [-0.2, -0.15) is 22.8 Å². The average molecular weight is 430 g/mol. The summed E-state index contributed by atoms with van der Waals surface area (Å²) in [7, 11) is 0. The molecule has 0 bridgehead atoms. The number of aryl methyl sites for hydroxylation is 1. The molecule has 4 aromatic heterocycles. The zero-order chi connectivity index (χ0) is 21.6. The quantitative estimate of drug-likeness (QED) is 0.486. The van der Waals surface area contributed by atoms with Crippen molar-refractivity contribution in [2.24, 2.45) is 0 Å². The van der Waals surface area contributed by atoms with E-state index in [4.69, 9.17) is 0 Å². The molecule has 13 heteroatoms. The summed E-state index contributed by atoms with van der Waals surface area (Å²) in [5.74, 6) is 0.662. The van der Waals surface area contributed by atoms with Gasteiger partial charge in [0.05, 0.1) is 5.69 Å². The second-order valence-electron chi connectivity index (χ2n) is 7.11. The van der Waals surface area contributed by atoms with Gasteiger partial charge in [0.25, 0.3) is 5.82 Å². The Morgan fingerprint density at radius 2 is 1.39 bits per heavy atom. The summed E-state index contributed by atoms with van der Waals surface area (Å²) >= 11 is 0. The number of rotatable bonds is 3. The van der Waals surface area contributed by atoms with E-state index < -0.39 is 12.0 Å². The van der Waals surface area contributed by atoms with Gasteiger partial charge in [-0.1, -0.05) is 0 Å². The van der Waals surface area contributed by atoms with Crippen molar-refractivity contribution >= 4 is 17.3 Å². The lowest BCUT2D eigenvalue weighted by molar-refractivity contribution is -0.146. The van der Waals surface area contributed by atoms with Crippen LogP contribution in [0.5, 0.6) is 0 Å². The van der Waals surface area contributed by atoms with Gasteiger partial charge < -0.3 is 9.80 Å². The van der Waals surface area contributed by atoms with E-state index in [-0.39, 0.29) is 5.65 Å². The van der Waals surface area contributed by atoms with Crippen molar-refractivity contribution in [3.8, 4) is 5.82 Å². The second-order valence-corrected chi connectivity index (χ2v) is 7.11. The minimum Gasteiger partial charge on any atom is -0.352 e. The first-order valence-electron chi connectivity index (χ1n) is 9.54. The van der Waals surface area contributed by atoms with Crippen LogP contribution < -0.4 is 9.80 Å². The van der Waals surface area contributed by atoms with Crippen molar-refractivity contribution in [2.75, 3.05) is 36.0 Å². The van der Waals surface area contributed by atoms with Crippen molar-refractivity contribution in [2.45, 2.75) is 13.1 Å². The van der Waals surface area contributed by atoms with Gasteiger partial charge >= 0.3 is 6.18 Å². The molecule has 160 valence electrons.